The molecule has 0 radical (unpaired) electrons. The monoisotopic (exact) mass is 273 g/mol. The molecule has 3 rings (SSSR count). The summed E-state index contributed by atoms with van der Waals surface area (Å²) in [6.45, 7) is 0. The lowest BCUT2D eigenvalue weighted by Gasteiger charge is -2.08. The van der Waals surface area contributed by atoms with Crippen LogP contribution in [0.3, 0.4) is 0 Å². The van der Waals surface area contributed by atoms with Crippen LogP contribution in [0.4, 0.5) is 5.95 Å². The number of imidazole rings is 1. The number of benzene rings is 2. The van der Waals surface area contributed by atoms with Gasteiger partial charge in [0.25, 0.3) is 0 Å². The molecule has 0 unspecified atom stereocenters. The lowest BCUT2D eigenvalue weighted by molar-refractivity contribution is 0.415. The highest BCUT2D eigenvalue weighted by Gasteiger charge is 2.12. The maximum atomic E-state index is 6.24. The predicted molar refractivity (Wildman–Crippen MR) is 77.0 cm³/mol. The van der Waals surface area contributed by atoms with E-state index in [9.17, 15) is 0 Å². The van der Waals surface area contributed by atoms with E-state index >= 15 is 0 Å². The molecule has 4 nitrogen and oxygen atoms in total. The molecule has 1 aromatic heterocycles. The number of hydrogen-bond donors (Lipinski definition) is 1. The molecule has 0 aliphatic heterocycles. The van der Waals surface area contributed by atoms with E-state index in [1.165, 1.54) is 0 Å². The molecule has 2 N–H and O–H groups in total. The van der Waals surface area contributed by atoms with Crippen molar-refractivity contribution in [1.29, 1.82) is 0 Å². The third kappa shape index (κ3) is 1.90. The van der Waals surface area contributed by atoms with E-state index in [-0.39, 0.29) is 0 Å². The summed E-state index contributed by atoms with van der Waals surface area (Å²) < 4.78 is 6.98. The molecule has 3 aromatic rings. The van der Waals surface area contributed by atoms with Crippen LogP contribution in [0.15, 0.2) is 42.5 Å². The average Bonchev–Trinajstić information content (AvgIpc) is 2.76. The summed E-state index contributed by atoms with van der Waals surface area (Å²) >= 11 is 6.24. The Morgan fingerprint density at radius 1 is 1.16 bits per heavy atom. The molecule has 19 heavy (non-hydrogen) atoms. The van der Waals surface area contributed by atoms with Gasteiger partial charge >= 0.3 is 0 Å². The van der Waals surface area contributed by atoms with E-state index in [4.69, 9.17) is 22.1 Å². The van der Waals surface area contributed by atoms with Gasteiger partial charge in [-0.1, -0.05) is 17.7 Å². The SMILES string of the molecule is COc1ccc(-n2c(N)nc3cccc(Cl)c32)cc1. The van der Waals surface area contributed by atoms with Crippen LogP contribution in [0.25, 0.3) is 16.7 Å². The third-order valence-corrected chi connectivity index (χ3v) is 3.29. The molecule has 0 saturated carbocycles. The van der Waals surface area contributed by atoms with Crippen molar-refractivity contribution >= 4 is 28.6 Å². The summed E-state index contributed by atoms with van der Waals surface area (Å²) in [5.41, 5.74) is 8.47. The first-order valence-corrected chi connectivity index (χ1v) is 6.15. The molecule has 96 valence electrons. The predicted octanol–water partition coefficient (Wildman–Crippen LogP) is 3.27. The molecule has 0 spiro atoms. The summed E-state index contributed by atoms with van der Waals surface area (Å²) in [6, 6.07) is 13.1. The zero-order chi connectivity index (χ0) is 13.4. The van der Waals surface area contributed by atoms with Crippen molar-refractivity contribution in [1.82, 2.24) is 9.55 Å². The number of anilines is 1. The number of halogens is 1. The minimum atomic E-state index is 0.410. The standard InChI is InChI=1S/C14H12ClN3O/c1-19-10-7-5-9(6-8-10)18-13-11(15)3-2-4-12(13)17-14(18)16/h2-8H,1H3,(H2,16,17). The molecular weight excluding hydrogens is 262 g/mol. The van der Waals surface area contributed by atoms with E-state index in [0.717, 1.165) is 22.5 Å². The van der Waals surface area contributed by atoms with Crippen molar-refractivity contribution in [2.24, 2.45) is 0 Å². The third-order valence-electron chi connectivity index (χ3n) is 2.98. The fraction of sp³-hybridized carbons (Fsp3) is 0.0714. The molecule has 0 fully saturated rings. The van der Waals surface area contributed by atoms with E-state index in [2.05, 4.69) is 4.98 Å². The van der Waals surface area contributed by atoms with E-state index in [1.54, 1.807) is 7.11 Å². The summed E-state index contributed by atoms with van der Waals surface area (Å²) in [5, 5.41) is 0.623. The van der Waals surface area contributed by atoms with E-state index < -0.39 is 0 Å². The number of para-hydroxylation sites is 1. The Hall–Kier alpha value is -2.20. The van der Waals surface area contributed by atoms with Gasteiger partial charge in [-0.05, 0) is 36.4 Å². The van der Waals surface area contributed by atoms with Gasteiger partial charge in [-0.25, -0.2) is 4.98 Å². The smallest absolute Gasteiger partial charge is 0.205 e. The van der Waals surface area contributed by atoms with Gasteiger partial charge in [0, 0.05) is 5.69 Å². The van der Waals surface area contributed by atoms with Crippen molar-refractivity contribution in [2.45, 2.75) is 0 Å². The van der Waals surface area contributed by atoms with Crippen molar-refractivity contribution in [3.8, 4) is 11.4 Å². The molecule has 2 aromatic carbocycles. The lowest BCUT2D eigenvalue weighted by atomic mass is 10.2. The highest BCUT2D eigenvalue weighted by molar-refractivity contribution is 6.35. The van der Waals surface area contributed by atoms with Crippen LogP contribution in [0, 0.1) is 0 Å². The maximum Gasteiger partial charge on any atom is 0.205 e. The molecule has 0 bridgehead atoms. The molecule has 0 aliphatic rings. The van der Waals surface area contributed by atoms with Crippen molar-refractivity contribution in [2.75, 3.05) is 12.8 Å². The molecule has 0 saturated heterocycles. The van der Waals surface area contributed by atoms with Crippen LogP contribution in [0.5, 0.6) is 5.75 Å². The molecule has 0 amide bonds. The minimum absolute atomic E-state index is 0.410. The van der Waals surface area contributed by atoms with Gasteiger partial charge < -0.3 is 10.5 Å². The first kappa shape index (κ1) is 11.9. The summed E-state index contributed by atoms with van der Waals surface area (Å²) in [4.78, 5) is 4.32. The Balaban J connectivity index is 2.26. The first-order chi connectivity index (χ1) is 9.20. The molecule has 1 heterocycles. The second kappa shape index (κ2) is 4.48. The molecule has 0 aliphatic carbocycles. The number of hydrogen-bond acceptors (Lipinski definition) is 3. The van der Waals surface area contributed by atoms with Crippen LogP contribution < -0.4 is 10.5 Å². The number of aromatic nitrogens is 2. The van der Waals surface area contributed by atoms with E-state index in [0.29, 0.717) is 11.0 Å². The summed E-state index contributed by atoms with van der Waals surface area (Å²) in [7, 11) is 1.63. The first-order valence-electron chi connectivity index (χ1n) is 5.77. The zero-order valence-corrected chi connectivity index (χ0v) is 11.1. The number of nitrogens with zero attached hydrogens (tertiary/aromatic N) is 2. The van der Waals surface area contributed by atoms with Gasteiger partial charge in [0.2, 0.25) is 5.95 Å². The van der Waals surface area contributed by atoms with Crippen LogP contribution in [0.2, 0.25) is 5.02 Å². The normalized spacial score (nSPS) is 10.8. The van der Waals surface area contributed by atoms with Gasteiger partial charge in [-0.2, -0.15) is 0 Å². The number of rotatable bonds is 2. The largest absolute Gasteiger partial charge is 0.497 e. The summed E-state index contributed by atoms with van der Waals surface area (Å²) in [6.07, 6.45) is 0. The Morgan fingerprint density at radius 3 is 2.58 bits per heavy atom. The van der Waals surface area contributed by atoms with Crippen molar-refractivity contribution in [3.05, 3.63) is 47.5 Å². The quantitative estimate of drug-likeness (QED) is 0.780. The van der Waals surface area contributed by atoms with Gasteiger partial charge in [-0.3, -0.25) is 4.57 Å². The highest BCUT2D eigenvalue weighted by Crippen LogP contribution is 2.29. The van der Waals surface area contributed by atoms with Crippen LogP contribution in [-0.2, 0) is 0 Å². The number of nitrogen functional groups attached to an aromatic ring is 1. The van der Waals surface area contributed by atoms with Crippen LogP contribution in [0.1, 0.15) is 0 Å². The van der Waals surface area contributed by atoms with Gasteiger partial charge in [0.15, 0.2) is 0 Å². The highest BCUT2D eigenvalue weighted by atomic mass is 35.5. The lowest BCUT2D eigenvalue weighted by Crippen LogP contribution is -2.00. The van der Waals surface area contributed by atoms with Gasteiger partial charge in [0.05, 0.1) is 23.2 Å². The molecule has 5 heteroatoms. The number of ether oxygens (including phenoxy) is 1. The molecule has 0 atom stereocenters. The molecular formula is C14H12ClN3O. The van der Waals surface area contributed by atoms with E-state index in [1.807, 2.05) is 47.0 Å². The van der Waals surface area contributed by atoms with Gasteiger partial charge in [0.1, 0.15) is 5.75 Å². The number of fused-ring (bicyclic) bond motifs is 1. The fourth-order valence-corrected chi connectivity index (χ4v) is 2.35. The van der Waals surface area contributed by atoms with Crippen molar-refractivity contribution < 1.29 is 4.74 Å². The number of methoxy groups -OCH3 is 1. The maximum absolute atomic E-state index is 6.24. The number of nitrogens with two attached hydrogens (primary N) is 1. The Labute approximate surface area is 115 Å². The second-order valence-corrected chi connectivity index (χ2v) is 4.52. The Morgan fingerprint density at radius 2 is 1.89 bits per heavy atom. The Kier molecular flexibility index (Phi) is 2.80. The Bertz CT molecular complexity index is 734. The van der Waals surface area contributed by atoms with Crippen LogP contribution >= 0.6 is 11.6 Å². The second-order valence-electron chi connectivity index (χ2n) is 4.11. The van der Waals surface area contributed by atoms with Crippen molar-refractivity contribution in [3.63, 3.8) is 0 Å². The minimum Gasteiger partial charge on any atom is -0.497 e. The van der Waals surface area contributed by atoms with Gasteiger partial charge in [-0.15, -0.1) is 0 Å². The fourth-order valence-electron chi connectivity index (χ4n) is 2.10. The summed E-state index contributed by atoms with van der Waals surface area (Å²) in [5.74, 6) is 1.20. The average molecular weight is 274 g/mol. The zero-order valence-electron chi connectivity index (χ0n) is 10.3. The topological polar surface area (TPSA) is 53.1 Å². The van der Waals surface area contributed by atoms with Crippen LogP contribution in [-0.4, -0.2) is 16.7 Å².